The van der Waals surface area contributed by atoms with Crippen molar-refractivity contribution in [2.75, 3.05) is 0 Å². The van der Waals surface area contributed by atoms with Crippen LogP contribution in [0.4, 0.5) is 13.2 Å². The molecule has 1 unspecified atom stereocenters. The summed E-state index contributed by atoms with van der Waals surface area (Å²) in [5.41, 5.74) is 0.433. The van der Waals surface area contributed by atoms with E-state index in [0.717, 1.165) is 0 Å². The summed E-state index contributed by atoms with van der Waals surface area (Å²) in [4.78, 5) is 10.7. The molecule has 1 aromatic carbocycles. The van der Waals surface area contributed by atoms with E-state index in [1.54, 1.807) is 35.6 Å². The van der Waals surface area contributed by atoms with Gasteiger partial charge < -0.3 is 5.32 Å². The van der Waals surface area contributed by atoms with Crippen LogP contribution in [0.15, 0.2) is 30.3 Å². The molecule has 0 heterocycles. The molecule has 1 N–H and O–H groups in total. The van der Waals surface area contributed by atoms with E-state index < -0.39 is 18.1 Å². The second-order valence-corrected chi connectivity index (χ2v) is 2.98. The maximum absolute atomic E-state index is 12.0. The summed E-state index contributed by atoms with van der Waals surface area (Å²) >= 11 is 0. The molecule has 0 bridgehead atoms. The van der Waals surface area contributed by atoms with Crippen molar-refractivity contribution in [3.63, 3.8) is 0 Å². The quantitative estimate of drug-likeness (QED) is 0.769. The van der Waals surface area contributed by atoms with Gasteiger partial charge in [0.2, 0.25) is 0 Å². The van der Waals surface area contributed by atoms with Crippen LogP contribution in [0, 0.1) is 12.3 Å². The van der Waals surface area contributed by atoms with E-state index in [2.05, 4.69) is 5.92 Å². The Hall–Kier alpha value is -1.96. The molecule has 0 saturated heterocycles. The third-order valence-electron chi connectivity index (χ3n) is 1.83. The van der Waals surface area contributed by atoms with E-state index in [4.69, 9.17) is 6.42 Å². The third-order valence-corrected chi connectivity index (χ3v) is 1.83. The Kier molecular flexibility index (Phi) is 3.56. The fraction of sp³-hybridized carbons (Fsp3) is 0.182. The summed E-state index contributed by atoms with van der Waals surface area (Å²) in [6.45, 7) is 0. The minimum Gasteiger partial charge on any atom is -0.331 e. The number of hydrogen-bond donors (Lipinski definition) is 1. The highest BCUT2D eigenvalue weighted by Gasteiger charge is 2.39. The van der Waals surface area contributed by atoms with E-state index in [9.17, 15) is 18.0 Å². The smallest absolute Gasteiger partial charge is 0.331 e. The molecule has 0 radical (unpaired) electrons. The van der Waals surface area contributed by atoms with Crippen LogP contribution in [0.2, 0.25) is 0 Å². The van der Waals surface area contributed by atoms with Gasteiger partial charge in [-0.2, -0.15) is 13.2 Å². The first-order valence-corrected chi connectivity index (χ1v) is 4.34. The standard InChI is InChI=1S/C11H8F3NO/c1-2-9(8-6-4-3-5-7-8)15-10(16)11(12,13)14/h1,3-7,9H,(H,15,16). The molecule has 84 valence electrons. The lowest BCUT2D eigenvalue weighted by atomic mass is 10.1. The Morgan fingerprint density at radius 2 is 1.88 bits per heavy atom. The molecule has 1 aromatic rings. The van der Waals surface area contributed by atoms with Crippen LogP contribution < -0.4 is 5.32 Å². The molecule has 2 nitrogen and oxygen atoms in total. The Labute approximate surface area is 90.5 Å². The van der Waals surface area contributed by atoms with Crippen molar-refractivity contribution in [2.45, 2.75) is 12.2 Å². The maximum atomic E-state index is 12.0. The summed E-state index contributed by atoms with van der Waals surface area (Å²) in [5.74, 6) is 0.0471. The highest BCUT2D eigenvalue weighted by molar-refractivity contribution is 5.82. The summed E-state index contributed by atoms with van der Waals surface area (Å²) in [6.07, 6.45) is 0.138. The van der Waals surface area contributed by atoms with Gasteiger partial charge in [-0.1, -0.05) is 36.3 Å². The van der Waals surface area contributed by atoms with E-state index in [0.29, 0.717) is 5.56 Å². The van der Waals surface area contributed by atoms with Gasteiger partial charge in [-0.3, -0.25) is 4.79 Å². The highest BCUT2D eigenvalue weighted by atomic mass is 19.4. The van der Waals surface area contributed by atoms with Crippen LogP contribution in [0.5, 0.6) is 0 Å². The van der Waals surface area contributed by atoms with Crippen LogP contribution in [-0.4, -0.2) is 12.1 Å². The van der Waals surface area contributed by atoms with Crippen molar-refractivity contribution in [1.82, 2.24) is 5.32 Å². The number of amides is 1. The molecule has 1 rings (SSSR count). The molecule has 0 aliphatic carbocycles. The van der Waals surface area contributed by atoms with E-state index in [-0.39, 0.29) is 0 Å². The topological polar surface area (TPSA) is 29.1 Å². The molecule has 16 heavy (non-hydrogen) atoms. The number of nitrogens with one attached hydrogen (secondary N) is 1. The fourth-order valence-electron chi connectivity index (χ4n) is 1.08. The molecule has 0 aromatic heterocycles. The molecule has 0 fully saturated rings. The number of terminal acetylenes is 1. The zero-order valence-corrected chi connectivity index (χ0v) is 8.08. The van der Waals surface area contributed by atoms with Crippen LogP contribution in [0.3, 0.4) is 0 Å². The Morgan fingerprint density at radius 1 is 1.31 bits per heavy atom. The maximum Gasteiger partial charge on any atom is 0.471 e. The van der Waals surface area contributed by atoms with Crippen LogP contribution in [0.1, 0.15) is 11.6 Å². The minimum absolute atomic E-state index is 0.433. The molecule has 0 saturated carbocycles. The zero-order valence-electron chi connectivity index (χ0n) is 8.08. The molecule has 1 amide bonds. The van der Waals surface area contributed by atoms with Gasteiger partial charge in [0.15, 0.2) is 0 Å². The van der Waals surface area contributed by atoms with Crippen LogP contribution >= 0.6 is 0 Å². The lowest BCUT2D eigenvalue weighted by Crippen LogP contribution is -2.38. The number of benzene rings is 1. The average Bonchev–Trinajstić information content (AvgIpc) is 2.25. The number of rotatable bonds is 2. The number of hydrogen-bond acceptors (Lipinski definition) is 1. The average molecular weight is 227 g/mol. The Morgan fingerprint density at radius 3 is 2.31 bits per heavy atom. The van der Waals surface area contributed by atoms with Gasteiger partial charge >= 0.3 is 12.1 Å². The zero-order chi connectivity index (χ0) is 12.2. The summed E-state index contributed by atoms with van der Waals surface area (Å²) < 4.78 is 35.9. The summed E-state index contributed by atoms with van der Waals surface area (Å²) in [5, 5.41) is 1.72. The SMILES string of the molecule is C#CC(NC(=O)C(F)(F)F)c1ccccc1. The normalized spacial score (nSPS) is 12.6. The van der Waals surface area contributed by atoms with Crippen molar-refractivity contribution >= 4 is 5.91 Å². The van der Waals surface area contributed by atoms with E-state index in [1.807, 2.05) is 0 Å². The first kappa shape index (κ1) is 12.1. The largest absolute Gasteiger partial charge is 0.471 e. The lowest BCUT2D eigenvalue weighted by molar-refractivity contribution is -0.174. The predicted molar refractivity (Wildman–Crippen MR) is 52.2 cm³/mol. The van der Waals surface area contributed by atoms with Crippen LogP contribution in [-0.2, 0) is 4.79 Å². The monoisotopic (exact) mass is 227 g/mol. The van der Waals surface area contributed by atoms with Crippen molar-refractivity contribution in [3.05, 3.63) is 35.9 Å². The Bertz CT molecular complexity index is 405. The lowest BCUT2D eigenvalue weighted by Gasteiger charge is -2.14. The summed E-state index contributed by atoms with van der Waals surface area (Å²) in [6, 6.07) is 6.96. The molecule has 1 atom stereocenters. The third kappa shape index (κ3) is 3.02. The first-order valence-electron chi connectivity index (χ1n) is 4.34. The second-order valence-electron chi connectivity index (χ2n) is 2.98. The fourth-order valence-corrected chi connectivity index (χ4v) is 1.08. The molecular formula is C11H8F3NO. The van der Waals surface area contributed by atoms with Gasteiger partial charge in [-0.25, -0.2) is 0 Å². The molecule has 0 spiro atoms. The molecule has 0 aliphatic heterocycles. The van der Waals surface area contributed by atoms with Gasteiger partial charge in [0.25, 0.3) is 0 Å². The number of alkyl halides is 3. The van der Waals surface area contributed by atoms with Gasteiger partial charge in [-0.15, -0.1) is 6.42 Å². The van der Waals surface area contributed by atoms with Crippen molar-refractivity contribution in [1.29, 1.82) is 0 Å². The van der Waals surface area contributed by atoms with Gasteiger partial charge in [-0.05, 0) is 5.56 Å². The van der Waals surface area contributed by atoms with E-state index >= 15 is 0 Å². The van der Waals surface area contributed by atoms with Gasteiger partial charge in [0.05, 0.1) is 0 Å². The molecule has 5 heteroatoms. The highest BCUT2D eigenvalue weighted by Crippen LogP contribution is 2.18. The number of carbonyl (C=O) groups is 1. The summed E-state index contributed by atoms with van der Waals surface area (Å²) in [7, 11) is 0. The second kappa shape index (κ2) is 4.71. The minimum atomic E-state index is -4.93. The predicted octanol–water partition coefficient (Wildman–Crippen LogP) is 2.04. The van der Waals surface area contributed by atoms with Gasteiger partial charge in [0, 0.05) is 0 Å². The number of halogens is 3. The van der Waals surface area contributed by atoms with Crippen molar-refractivity contribution < 1.29 is 18.0 Å². The van der Waals surface area contributed by atoms with Crippen LogP contribution in [0.25, 0.3) is 0 Å². The first-order chi connectivity index (χ1) is 7.45. The molecule has 0 aliphatic rings. The van der Waals surface area contributed by atoms with Crippen molar-refractivity contribution in [3.8, 4) is 12.3 Å². The molecular weight excluding hydrogens is 219 g/mol. The van der Waals surface area contributed by atoms with E-state index in [1.165, 1.54) is 0 Å². The van der Waals surface area contributed by atoms with Crippen molar-refractivity contribution in [2.24, 2.45) is 0 Å². The number of carbonyl (C=O) groups excluding carboxylic acids is 1. The van der Waals surface area contributed by atoms with Gasteiger partial charge in [0.1, 0.15) is 6.04 Å². The Balaban J connectivity index is 2.80.